The van der Waals surface area contributed by atoms with Crippen LogP contribution in [0.3, 0.4) is 0 Å². The maximum Gasteiger partial charge on any atom is 0.160 e. The Hall–Kier alpha value is -6.32. The number of hydrogen-bond donors (Lipinski definition) is 0. The van der Waals surface area contributed by atoms with Crippen molar-refractivity contribution < 1.29 is 0 Å². The molecule has 47 heavy (non-hydrogen) atoms. The standard InChI is InChI=1S/C44H27N3/c1-2-14-29(15-3-1)42-35-21-8-10-23-38(35)45-44(46-42)30-16-12-17-31(27-30)47-39-24-11-9-22-36(39)41-37-26-25-28-13-4-5-18-32(28)40(37)33-19-6-7-20-34(33)43(41)47/h1-27H. The Bertz CT molecular complexity index is 2850. The molecule has 0 aliphatic rings. The van der Waals surface area contributed by atoms with Crippen LogP contribution in [0.15, 0.2) is 164 Å². The second kappa shape index (κ2) is 10.1. The molecule has 0 bridgehead atoms. The normalized spacial score (nSPS) is 11.8. The highest BCUT2D eigenvalue weighted by molar-refractivity contribution is 6.36. The first-order valence-electron chi connectivity index (χ1n) is 16.0. The van der Waals surface area contributed by atoms with Crippen molar-refractivity contribution in [3.05, 3.63) is 164 Å². The van der Waals surface area contributed by atoms with Gasteiger partial charge in [0, 0.05) is 38.4 Å². The number of benzene rings is 8. The molecular weight excluding hydrogens is 571 g/mol. The number of nitrogens with zero attached hydrogens (tertiary/aromatic N) is 3. The van der Waals surface area contributed by atoms with Gasteiger partial charge >= 0.3 is 0 Å². The van der Waals surface area contributed by atoms with Crippen molar-refractivity contribution in [2.24, 2.45) is 0 Å². The highest BCUT2D eigenvalue weighted by atomic mass is 15.0. The minimum atomic E-state index is 0.715. The van der Waals surface area contributed by atoms with E-state index in [2.05, 4.69) is 156 Å². The molecule has 0 unspecified atom stereocenters. The zero-order valence-electron chi connectivity index (χ0n) is 25.4. The van der Waals surface area contributed by atoms with Gasteiger partial charge in [-0.05, 0) is 51.2 Å². The molecule has 3 nitrogen and oxygen atoms in total. The van der Waals surface area contributed by atoms with E-state index in [1.165, 1.54) is 54.1 Å². The van der Waals surface area contributed by atoms with Gasteiger partial charge in [-0.25, -0.2) is 9.97 Å². The summed E-state index contributed by atoms with van der Waals surface area (Å²) in [5, 5.41) is 11.2. The van der Waals surface area contributed by atoms with Crippen LogP contribution in [0.5, 0.6) is 0 Å². The highest BCUT2D eigenvalue weighted by Crippen LogP contribution is 2.44. The van der Waals surface area contributed by atoms with E-state index in [1.807, 2.05) is 12.1 Å². The quantitative estimate of drug-likeness (QED) is 0.190. The largest absolute Gasteiger partial charge is 0.309 e. The first-order valence-corrected chi connectivity index (χ1v) is 16.0. The van der Waals surface area contributed by atoms with Crippen LogP contribution in [-0.4, -0.2) is 14.5 Å². The SMILES string of the molecule is c1ccc(-c2nc(-c3cccc(-n4c5ccccc5c5c6ccc7ccccc7c6c6ccccc6c54)c3)nc3ccccc23)cc1. The molecule has 10 aromatic rings. The third-order valence-corrected chi connectivity index (χ3v) is 9.54. The number of aromatic nitrogens is 3. The van der Waals surface area contributed by atoms with Crippen LogP contribution in [0.4, 0.5) is 0 Å². The molecule has 0 N–H and O–H groups in total. The third kappa shape index (κ3) is 3.87. The highest BCUT2D eigenvalue weighted by Gasteiger charge is 2.20. The predicted molar refractivity (Wildman–Crippen MR) is 197 cm³/mol. The fourth-order valence-corrected chi connectivity index (χ4v) is 7.52. The van der Waals surface area contributed by atoms with Crippen LogP contribution < -0.4 is 0 Å². The van der Waals surface area contributed by atoms with Gasteiger partial charge in [0.1, 0.15) is 0 Å². The Kier molecular flexibility index (Phi) is 5.57. The zero-order chi connectivity index (χ0) is 30.9. The van der Waals surface area contributed by atoms with Crippen molar-refractivity contribution in [2.75, 3.05) is 0 Å². The van der Waals surface area contributed by atoms with E-state index in [-0.39, 0.29) is 0 Å². The summed E-state index contributed by atoms with van der Waals surface area (Å²) in [6.45, 7) is 0. The molecule has 0 atom stereocenters. The van der Waals surface area contributed by atoms with Crippen molar-refractivity contribution in [1.82, 2.24) is 14.5 Å². The van der Waals surface area contributed by atoms with Crippen molar-refractivity contribution >= 4 is 65.0 Å². The van der Waals surface area contributed by atoms with Crippen molar-refractivity contribution in [1.29, 1.82) is 0 Å². The first kappa shape index (κ1) is 26.0. The summed E-state index contributed by atoms with van der Waals surface area (Å²) in [7, 11) is 0. The number of rotatable bonds is 3. The minimum absolute atomic E-state index is 0.715. The molecule has 0 aliphatic carbocycles. The van der Waals surface area contributed by atoms with Crippen molar-refractivity contribution in [2.45, 2.75) is 0 Å². The van der Waals surface area contributed by atoms with Gasteiger partial charge in [-0.15, -0.1) is 0 Å². The number of para-hydroxylation sites is 2. The maximum atomic E-state index is 5.19. The summed E-state index contributed by atoms with van der Waals surface area (Å²) in [6.07, 6.45) is 0. The minimum Gasteiger partial charge on any atom is -0.309 e. The van der Waals surface area contributed by atoms with E-state index in [9.17, 15) is 0 Å². The average Bonchev–Trinajstić information content (AvgIpc) is 3.50. The van der Waals surface area contributed by atoms with Gasteiger partial charge in [-0.3, -0.25) is 0 Å². The Morgan fingerprint density at radius 2 is 1.09 bits per heavy atom. The molecule has 0 saturated heterocycles. The summed E-state index contributed by atoms with van der Waals surface area (Å²) in [6, 6.07) is 58.3. The van der Waals surface area contributed by atoms with Crippen molar-refractivity contribution in [3.8, 4) is 28.3 Å². The summed E-state index contributed by atoms with van der Waals surface area (Å²) in [4.78, 5) is 10.3. The zero-order valence-corrected chi connectivity index (χ0v) is 25.4. The molecule has 3 heteroatoms. The summed E-state index contributed by atoms with van der Waals surface area (Å²) >= 11 is 0. The lowest BCUT2D eigenvalue weighted by atomic mass is 9.93. The molecule has 0 amide bonds. The predicted octanol–water partition coefficient (Wildman–Crippen LogP) is 11.5. The smallest absolute Gasteiger partial charge is 0.160 e. The monoisotopic (exact) mass is 597 g/mol. The van der Waals surface area contributed by atoms with Crippen LogP contribution in [0.25, 0.3) is 93.4 Å². The molecule has 10 rings (SSSR count). The van der Waals surface area contributed by atoms with Crippen LogP contribution in [0.1, 0.15) is 0 Å². The van der Waals surface area contributed by atoms with E-state index in [0.717, 1.165) is 33.4 Å². The van der Waals surface area contributed by atoms with Gasteiger partial charge in [0.25, 0.3) is 0 Å². The van der Waals surface area contributed by atoms with Crippen LogP contribution in [0.2, 0.25) is 0 Å². The molecule has 2 aromatic heterocycles. The molecule has 0 saturated carbocycles. The van der Waals surface area contributed by atoms with Gasteiger partial charge in [-0.2, -0.15) is 0 Å². The van der Waals surface area contributed by atoms with Crippen LogP contribution in [0, 0.1) is 0 Å². The van der Waals surface area contributed by atoms with E-state index in [1.54, 1.807) is 0 Å². The Balaban J connectivity index is 1.29. The average molecular weight is 598 g/mol. The van der Waals surface area contributed by atoms with Crippen molar-refractivity contribution in [3.63, 3.8) is 0 Å². The van der Waals surface area contributed by atoms with Crippen LogP contribution >= 0.6 is 0 Å². The second-order valence-corrected chi connectivity index (χ2v) is 12.2. The Morgan fingerprint density at radius 3 is 1.96 bits per heavy atom. The summed E-state index contributed by atoms with van der Waals surface area (Å²) in [5.74, 6) is 0.715. The lowest BCUT2D eigenvalue weighted by molar-refractivity contribution is 1.17. The first-order chi connectivity index (χ1) is 23.3. The van der Waals surface area contributed by atoms with E-state index >= 15 is 0 Å². The van der Waals surface area contributed by atoms with Gasteiger partial charge in [0.2, 0.25) is 0 Å². The second-order valence-electron chi connectivity index (χ2n) is 12.2. The molecule has 0 fully saturated rings. The number of fused-ring (bicyclic) bond motifs is 11. The molecular formula is C44H27N3. The fraction of sp³-hybridized carbons (Fsp3) is 0. The summed E-state index contributed by atoms with van der Waals surface area (Å²) in [5.41, 5.74) is 7.41. The fourth-order valence-electron chi connectivity index (χ4n) is 7.52. The van der Waals surface area contributed by atoms with Gasteiger partial charge in [-0.1, -0.05) is 140 Å². The van der Waals surface area contributed by atoms with Crippen LogP contribution in [-0.2, 0) is 0 Å². The molecule has 0 radical (unpaired) electrons. The van der Waals surface area contributed by atoms with E-state index < -0.39 is 0 Å². The van der Waals surface area contributed by atoms with E-state index in [0.29, 0.717) is 5.82 Å². The molecule has 8 aromatic carbocycles. The van der Waals surface area contributed by atoms with Gasteiger partial charge in [0.15, 0.2) is 5.82 Å². The third-order valence-electron chi connectivity index (χ3n) is 9.54. The topological polar surface area (TPSA) is 30.7 Å². The molecule has 0 aliphatic heterocycles. The maximum absolute atomic E-state index is 5.19. The molecule has 218 valence electrons. The Morgan fingerprint density at radius 1 is 0.404 bits per heavy atom. The molecule has 2 heterocycles. The van der Waals surface area contributed by atoms with Gasteiger partial charge in [0.05, 0.1) is 22.2 Å². The molecule has 0 spiro atoms. The van der Waals surface area contributed by atoms with E-state index in [4.69, 9.17) is 9.97 Å². The number of hydrogen-bond acceptors (Lipinski definition) is 2. The Labute approximate surface area is 271 Å². The lowest BCUT2D eigenvalue weighted by Crippen LogP contribution is -1.98. The van der Waals surface area contributed by atoms with Gasteiger partial charge < -0.3 is 4.57 Å². The summed E-state index contributed by atoms with van der Waals surface area (Å²) < 4.78 is 2.43. The lowest BCUT2D eigenvalue weighted by Gasteiger charge is -2.14.